The summed E-state index contributed by atoms with van der Waals surface area (Å²) in [6, 6.07) is 17.9. The molecule has 0 radical (unpaired) electrons. The highest BCUT2D eigenvalue weighted by Gasteiger charge is 2.12. The summed E-state index contributed by atoms with van der Waals surface area (Å²) >= 11 is 1.41. The Morgan fingerprint density at radius 1 is 1.14 bits per heavy atom. The lowest BCUT2D eigenvalue weighted by molar-refractivity contribution is -0.115. The summed E-state index contributed by atoms with van der Waals surface area (Å²) < 4.78 is 7.46. The molecule has 6 heteroatoms. The fourth-order valence-electron chi connectivity index (χ4n) is 3.12. The van der Waals surface area contributed by atoms with Gasteiger partial charge in [-0.3, -0.25) is 4.79 Å². The van der Waals surface area contributed by atoms with Crippen LogP contribution in [0.3, 0.4) is 0 Å². The van der Waals surface area contributed by atoms with E-state index < -0.39 is 0 Å². The fraction of sp³-hybridized carbons (Fsp3) is 0.130. The van der Waals surface area contributed by atoms with Gasteiger partial charge in [0.25, 0.3) is 0 Å². The summed E-state index contributed by atoms with van der Waals surface area (Å²) in [6.45, 7) is 2.03. The number of nitrogens with one attached hydrogen (secondary N) is 1. The molecule has 0 atom stereocenters. The van der Waals surface area contributed by atoms with E-state index in [0.29, 0.717) is 11.6 Å². The number of anilines is 1. The zero-order chi connectivity index (χ0) is 20.2. The maximum absolute atomic E-state index is 12.4. The van der Waals surface area contributed by atoms with Crippen molar-refractivity contribution in [2.24, 2.45) is 0 Å². The minimum absolute atomic E-state index is 0.0872. The van der Waals surface area contributed by atoms with Crippen molar-refractivity contribution in [3.05, 3.63) is 83.5 Å². The maximum atomic E-state index is 12.4. The first kappa shape index (κ1) is 19.0. The van der Waals surface area contributed by atoms with Gasteiger partial charge in [0.15, 0.2) is 5.13 Å². The summed E-state index contributed by atoms with van der Waals surface area (Å²) in [5, 5.41) is 5.41. The van der Waals surface area contributed by atoms with E-state index in [2.05, 4.69) is 10.3 Å². The highest BCUT2D eigenvalue weighted by Crippen LogP contribution is 2.33. The van der Waals surface area contributed by atoms with E-state index in [1.807, 2.05) is 83.9 Å². The van der Waals surface area contributed by atoms with Crippen molar-refractivity contribution in [3.63, 3.8) is 0 Å². The zero-order valence-corrected chi connectivity index (χ0v) is 17.1. The number of rotatable bonds is 6. The summed E-state index contributed by atoms with van der Waals surface area (Å²) in [7, 11) is 1.64. The number of aromatic nitrogens is 2. The van der Waals surface area contributed by atoms with E-state index in [1.165, 1.54) is 11.3 Å². The lowest BCUT2D eigenvalue weighted by Crippen LogP contribution is -2.14. The molecular weight excluding hydrogens is 382 g/mol. The van der Waals surface area contributed by atoms with Gasteiger partial charge in [-0.2, -0.15) is 0 Å². The van der Waals surface area contributed by atoms with Gasteiger partial charge in [0.05, 0.1) is 19.2 Å². The van der Waals surface area contributed by atoms with Crippen molar-refractivity contribution in [2.45, 2.75) is 13.3 Å². The molecule has 29 heavy (non-hydrogen) atoms. The van der Waals surface area contributed by atoms with Gasteiger partial charge in [0.1, 0.15) is 5.75 Å². The minimum atomic E-state index is -0.0872. The van der Waals surface area contributed by atoms with Crippen LogP contribution >= 0.6 is 11.3 Å². The number of hydrogen-bond donors (Lipinski definition) is 1. The van der Waals surface area contributed by atoms with Crippen LogP contribution in [0.25, 0.3) is 16.9 Å². The van der Waals surface area contributed by atoms with Gasteiger partial charge in [-0.25, -0.2) is 4.98 Å². The van der Waals surface area contributed by atoms with Crippen molar-refractivity contribution in [2.75, 3.05) is 12.4 Å². The summed E-state index contributed by atoms with van der Waals surface area (Å²) in [5.41, 5.74) is 4.86. The number of nitrogens with zero attached hydrogens (tertiary/aromatic N) is 2. The Bertz CT molecular complexity index is 1120. The summed E-state index contributed by atoms with van der Waals surface area (Å²) in [5.74, 6) is 0.678. The number of carbonyl (C=O) groups is 1. The molecule has 2 aromatic heterocycles. The van der Waals surface area contributed by atoms with Gasteiger partial charge < -0.3 is 14.6 Å². The Hall–Kier alpha value is -3.38. The van der Waals surface area contributed by atoms with Crippen molar-refractivity contribution < 1.29 is 9.53 Å². The van der Waals surface area contributed by atoms with E-state index in [0.717, 1.165) is 33.8 Å². The Kier molecular flexibility index (Phi) is 5.44. The molecule has 2 aromatic carbocycles. The first-order valence-electron chi connectivity index (χ1n) is 9.25. The first-order valence-corrected chi connectivity index (χ1v) is 10.1. The van der Waals surface area contributed by atoms with E-state index in [-0.39, 0.29) is 5.91 Å². The second kappa shape index (κ2) is 8.32. The second-order valence-corrected chi connectivity index (χ2v) is 7.58. The third-order valence-electron chi connectivity index (χ3n) is 4.59. The molecule has 1 amide bonds. The number of aryl methyl sites for hydroxylation is 1. The molecule has 4 rings (SSSR count). The normalized spacial score (nSPS) is 10.7. The molecule has 0 bridgehead atoms. The van der Waals surface area contributed by atoms with Crippen LogP contribution in [0, 0.1) is 6.92 Å². The molecular formula is C23H21N3O2S. The number of benzene rings is 2. The van der Waals surface area contributed by atoms with E-state index in [1.54, 1.807) is 7.11 Å². The largest absolute Gasteiger partial charge is 0.496 e. The lowest BCUT2D eigenvalue weighted by atomic mass is 10.1. The quantitative estimate of drug-likeness (QED) is 0.487. The Morgan fingerprint density at radius 3 is 2.62 bits per heavy atom. The predicted molar refractivity (Wildman–Crippen MR) is 117 cm³/mol. The van der Waals surface area contributed by atoms with Crippen molar-refractivity contribution in [3.8, 4) is 22.7 Å². The Labute approximate surface area is 173 Å². The second-order valence-electron chi connectivity index (χ2n) is 6.72. The fourth-order valence-corrected chi connectivity index (χ4v) is 3.85. The van der Waals surface area contributed by atoms with Crippen LogP contribution in [0.1, 0.15) is 11.1 Å². The number of carbonyl (C=O) groups excluding carboxylic acids is 1. The smallest absolute Gasteiger partial charge is 0.230 e. The van der Waals surface area contributed by atoms with Gasteiger partial charge >= 0.3 is 0 Å². The van der Waals surface area contributed by atoms with Crippen LogP contribution in [-0.2, 0) is 11.2 Å². The SMILES string of the molecule is COc1ccc(C)cc1-c1csc(NC(=O)Cc2ccc(-n3cccc3)cc2)n1. The monoisotopic (exact) mass is 403 g/mol. The van der Waals surface area contributed by atoms with Gasteiger partial charge in [-0.15, -0.1) is 11.3 Å². The van der Waals surface area contributed by atoms with Crippen LogP contribution < -0.4 is 10.1 Å². The standard InChI is InChI=1S/C23H21N3O2S/c1-16-5-10-21(28-2)19(13-16)20-15-29-23(24-20)25-22(27)14-17-6-8-18(9-7-17)26-11-3-4-12-26/h3-13,15H,14H2,1-2H3,(H,24,25,27). The van der Waals surface area contributed by atoms with Crippen LogP contribution in [0.2, 0.25) is 0 Å². The minimum Gasteiger partial charge on any atom is -0.496 e. The molecule has 0 aliphatic carbocycles. The summed E-state index contributed by atoms with van der Waals surface area (Å²) in [6.07, 6.45) is 4.28. The molecule has 1 N–H and O–H groups in total. The van der Waals surface area contributed by atoms with Gasteiger partial charge in [0, 0.05) is 29.0 Å². The molecule has 0 aliphatic heterocycles. The van der Waals surface area contributed by atoms with Crippen molar-refractivity contribution in [1.82, 2.24) is 9.55 Å². The van der Waals surface area contributed by atoms with E-state index in [4.69, 9.17) is 4.74 Å². The average Bonchev–Trinajstić information content (AvgIpc) is 3.41. The number of thiazole rings is 1. The molecule has 0 saturated carbocycles. The van der Waals surface area contributed by atoms with Crippen LogP contribution in [0.15, 0.2) is 72.4 Å². The maximum Gasteiger partial charge on any atom is 0.230 e. The molecule has 0 unspecified atom stereocenters. The van der Waals surface area contributed by atoms with Crippen LogP contribution in [-0.4, -0.2) is 22.6 Å². The van der Waals surface area contributed by atoms with Crippen LogP contribution in [0.4, 0.5) is 5.13 Å². The molecule has 2 heterocycles. The zero-order valence-electron chi connectivity index (χ0n) is 16.3. The molecule has 0 aliphatic rings. The predicted octanol–water partition coefficient (Wildman–Crippen LogP) is 5.10. The van der Waals surface area contributed by atoms with Crippen molar-refractivity contribution in [1.29, 1.82) is 0 Å². The highest BCUT2D eigenvalue weighted by atomic mass is 32.1. The molecule has 0 spiro atoms. The Balaban J connectivity index is 1.43. The van der Waals surface area contributed by atoms with Crippen molar-refractivity contribution >= 4 is 22.4 Å². The molecule has 146 valence electrons. The molecule has 4 aromatic rings. The third-order valence-corrected chi connectivity index (χ3v) is 5.34. The van der Waals surface area contributed by atoms with E-state index in [9.17, 15) is 4.79 Å². The Morgan fingerprint density at radius 2 is 1.90 bits per heavy atom. The van der Waals surface area contributed by atoms with E-state index >= 15 is 0 Å². The average molecular weight is 404 g/mol. The topological polar surface area (TPSA) is 56.1 Å². The highest BCUT2D eigenvalue weighted by molar-refractivity contribution is 7.14. The van der Waals surface area contributed by atoms with Crippen LogP contribution in [0.5, 0.6) is 5.75 Å². The number of ether oxygens (including phenoxy) is 1. The third kappa shape index (κ3) is 4.38. The molecule has 5 nitrogen and oxygen atoms in total. The number of amides is 1. The lowest BCUT2D eigenvalue weighted by Gasteiger charge is -2.07. The van der Waals surface area contributed by atoms with Gasteiger partial charge in [-0.1, -0.05) is 23.8 Å². The molecule has 0 fully saturated rings. The number of methoxy groups -OCH3 is 1. The van der Waals surface area contributed by atoms with Gasteiger partial charge in [-0.05, 0) is 48.9 Å². The number of hydrogen-bond acceptors (Lipinski definition) is 4. The summed E-state index contributed by atoms with van der Waals surface area (Å²) in [4.78, 5) is 17.0. The first-order chi connectivity index (χ1) is 14.1. The molecule has 0 saturated heterocycles. The van der Waals surface area contributed by atoms with Gasteiger partial charge in [0.2, 0.25) is 5.91 Å².